The highest BCUT2D eigenvalue weighted by Gasteiger charge is 2.23. The van der Waals surface area contributed by atoms with Crippen molar-refractivity contribution >= 4 is 43.1 Å². The molecule has 3 nitrogen and oxygen atoms in total. The van der Waals surface area contributed by atoms with Crippen molar-refractivity contribution in [3.05, 3.63) is 188 Å². The summed E-state index contributed by atoms with van der Waals surface area (Å²) in [4.78, 5) is 16.8. The lowest BCUT2D eigenvalue weighted by atomic mass is 9.93. The number of thiophene rings is 1. The number of fused-ring (bicyclic) bond motifs is 4. The van der Waals surface area contributed by atoms with Crippen LogP contribution >= 0.6 is 11.3 Å². The molecule has 0 aliphatic heterocycles. The second-order valence-corrected chi connectivity index (χ2v) is 14.2. The molecule has 0 saturated heterocycles. The fourth-order valence-electron chi connectivity index (χ4n) is 7.30. The average molecular weight is 694 g/mol. The molecule has 3 aromatic heterocycles. The number of hydrogen-bond acceptors (Lipinski definition) is 4. The summed E-state index contributed by atoms with van der Waals surface area (Å²) in [5, 5.41) is 4.77. The molecule has 0 N–H and O–H groups in total. The van der Waals surface area contributed by atoms with E-state index < -0.39 is 0 Å². The Bertz CT molecular complexity index is 2880. The van der Waals surface area contributed by atoms with Gasteiger partial charge in [-0.3, -0.25) is 0 Å². The molecule has 0 spiro atoms. The minimum Gasteiger partial charge on any atom is -0.247 e. The number of aromatic nitrogens is 3. The summed E-state index contributed by atoms with van der Waals surface area (Å²) < 4.78 is 1.23. The van der Waals surface area contributed by atoms with Crippen molar-refractivity contribution in [3.8, 4) is 66.7 Å². The maximum atomic E-state index is 5.37. The van der Waals surface area contributed by atoms with E-state index in [1.54, 1.807) is 0 Å². The van der Waals surface area contributed by atoms with Crippen LogP contribution in [-0.4, -0.2) is 15.0 Å². The molecule has 0 unspecified atom stereocenters. The quantitative estimate of drug-likeness (QED) is 0.174. The maximum Gasteiger partial charge on any atom is 0.160 e. The molecule has 0 saturated carbocycles. The fraction of sp³-hybridized carbons (Fsp3) is 0. The van der Waals surface area contributed by atoms with E-state index in [1.807, 2.05) is 35.6 Å². The van der Waals surface area contributed by atoms with E-state index in [9.17, 15) is 0 Å². The number of benzene rings is 7. The molecule has 0 atom stereocenters. The molecular formula is C49H31N3S. The molecule has 0 bridgehead atoms. The monoisotopic (exact) mass is 693 g/mol. The van der Waals surface area contributed by atoms with Crippen molar-refractivity contribution in [3.63, 3.8) is 0 Å². The summed E-state index contributed by atoms with van der Waals surface area (Å²) in [6.07, 6.45) is 0. The van der Waals surface area contributed by atoms with E-state index in [1.165, 1.54) is 31.5 Å². The highest BCUT2D eigenvalue weighted by molar-refractivity contribution is 7.24. The topological polar surface area (TPSA) is 38.7 Å². The predicted molar refractivity (Wildman–Crippen MR) is 223 cm³/mol. The van der Waals surface area contributed by atoms with Gasteiger partial charge < -0.3 is 0 Å². The lowest BCUT2D eigenvalue weighted by Gasteiger charge is -2.13. The lowest BCUT2D eigenvalue weighted by Crippen LogP contribution is -1.96. The van der Waals surface area contributed by atoms with Crippen LogP contribution in [0.5, 0.6) is 0 Å². The highest BCUT2D eigenvalue weighted by atomic mass is 32.1. The van der Waals surface area contributed by atoms with Gasteiger partial charge in [-0.1, -0.05) is 164 Å². The number of rotatable bonds is 6. The minimum atomic E-state index is 0.701. The smallest absolute Gasteiger partial charge is 0.160 e. The molecule has 0 fully saturated rings. The largest absolute Gasteiger partial charge is 0.247 e. The van der Waals surface area contributed by atoms with Crippen LogP contribution in [0.15, 0.2) is 188 Å². The standard InChI is InChI=1S/C49H31N3S/c1-4-16-33(17-5-1)42-31-43(52-49(51-42)35-20-8-3-9-21-35)37-23-14-24-38(30-37)44-45-46(34-18-6-2-7-19-34)50-41-26-13-12-25-40(41)48(45)53-47(44)39-28-27-32-15-10-11-22-36(32)29-39/h1-31H. The molecule has 0 aliphatic carbocycles. The zero-order valence-electron chi connectivity index (χ0n) is 28.6. The van der Waals surface area contributed by atoms with E-state index >= 15 is 0 Å². The number of para-hydroxylation sites is 1. The molecule has 10 rings (SSSR count). The minimum absolute atomic E-state index is 0.701. The normalized spacial score (nSPS) is 11.4. The molecule has 10 aromatic rings. The number of pyridine rings is 1. The van der Waals surface area contributed by atoms with E-state index in [4.69, 9.17) is 15.0 Å². The van der Waals surface area contributed by atoms with E-state index in [-0.39, 0.29) is 0 Å². The first-order valence-electron chi connectivity index (χ1n) is 17.8. The first-order valence-corrected chi connectivity index (χ1v) is 18.6. The Kier molecular flexibility index (Phi) is 7.67. The Hall–Kier alpha value is -6.75. The number of nitrogens with zero attached hydrogens (tertiary/aromatic N) is 3. The van der Waals surface area contributed by atoms with Gasteiger partial charge in [0.15, 0.2) is 5.82 Å². The van der Waals surface area contributed by atoms with Crippen molar-refractivity contribution in [1.29, 1.82) is 0 Å². The summed E-state index contributed by atoms with van der Waals surface area (Å²) in [5.41, 5.74) is 11.4. The van der Waals surface area contributed by atoms with Crippen LogP contribution in [-0.2, 0) is 0 Å². The van der Waals surface area contributed by atoms with Crippen molar-refractivity contribution in [2.75, 3.05) is 0 Å². The molecule has 0 amide bonds. The zero-order valence-corrected chi connectivity index (χ0v) is 29.5. The Balaban J connectivity index is 1.26. The number of hydrogen-bond donors (Lipinski definition) is 0. The van der Waals surface area contributed by atoms with Gasteiger partial charge in [0.05, 0.1) is 22.6 Å². The van der Waals surface area contributed by atoms with E-state index in [0.29, 0.717) is 5.82 Å². The van der Waals surface area contributed by atoms with Gasteiger partial charge in [0.2, 0.25) is 0 Å². The van der Waals surface area contributed by atoms with Gasteiger partial charge >= 0.3 is 0 Å². The molecule has 0 radical (unpaired) electrons. The van der Waals surface area contributed by atoms with Crippen LogP contribution in [0.4, 0.5) is 0 Å². The van der Waals surface area contributed by atoms with Gasteiger partial charge in [-0.2, -0.15) is 0 Å². The van der Waals surface area contributed by atoms with Crippen LogP contribution in [0.1, 0.15) is 0 Å². The molecule has 0 aliphatic rings. The van der Waals surface area contributed by atoms with Gasteiger partial charge in [0, 0.05) is 48.2 Å². The second-order valence-electron chi connectivity index (χ2n) is 13.2. The summed E-state index contributed by atoms with van der Waals surface area (Å²) in [6, 6.07) is 66.1. The van der Waals surface area contributed by atoms with Crippen molar-refractivity contribution in [2.24, 2.45) is 0 Å². The molecule has 7 aromatic carbocycles. The van der Waals surface area contributed by atoms with E-state index in [0.717, 1.165) is 61.2 Å². The molecule has 53 heavy (non-hydrogen) atoms. The van der Waals surface area contributed by atoms with Crippen molar-refractivity contribution in [1.82, 2.24) is 15.0 Å². The third kappa shape index (κ3) is 5.66. The Labute approximate surface area is 311 Å². The first kappa shape index (κ1) is 31.0. The second kappa shape index (κ2) is 13.1. The van der Waals surface area contributed by atoms with Crippen molar-refractivity contribution < 1.29 is 0 Å². The average Bonchev–Trinajstić information content (AvgIpc) is 3.65. The maximum absolute atomic E-state index is 5.37. The predicted octanol–water partition coefficient (Wildman–Crippen LogP) is 13.4. The first-order chi connectivity index (χ1) is 26.3. The Morgan fingerprint density at radius 2 is 0.981 bits per heavy atom. The lowest BCUT2D eigenvalue weighted by molar-refractivity contribution is 1.18. The summed E-state index contributed by atoms with van der Waals surface area (Å²) >= 11 is 1.85. The van der Waals surface area contributed by atoms with Crippen LogP contribution < -0.4 is 0 Å². The summed E-state index contributed by atoms with van der Waals surface area (Å²) in [5.74, 6) is 0.701. The molecular weight excluding hydrogens is 663 g/mol. The van der Waals surface area contributed by atoms with E-state index in [2.05, 4.69) is 164 Å². The highest BCUT2D eigenvalue weighted by Crippen LogP contribution is 2.50. The van der Waals surface area contributed by atoms with Crippen LogP contribution in [0.25, 0.3) is 98.5 Å². The summed E-state index contributed by atoms with van der Waals surface area (Å²) in [7, 11) is 0. The zero-order chi connectivity index (χ0) is 35.1. The van der Waals surface area contributed by atoms with Gasteiger partial charge in [0.1, 0.15) is 0 Å². The Morgan fingerprint density at radius 3 is 1.75 bits per heavy atom. The van der Waals surface area contributed by atoms with Gasteiger partial charge in [-0.05, 0) is 46.2 Å². The Morgan fingerprint density at radius 1 is 0.377 bits per heavy atom. The third-order valence-corrected chi connectivity index (χ3v) is 11.1. The molecule has 3 heterocycles. The fourth-order valence-corrected chi connectivity index (χ4v) is 8.66. The van der Waals surface area contributed by atoms with Gasteiger partial charge in [-0.25, -0.2) is 15.0 Å². The van der Waals surface area contributed by atoms with Crippen LogP contribution in [0.3, 0.4) is 0 Å². The van der Waals surface area contributed by atoms with Crippen LogP contribution in [0, 0.1) is 0 Å². The third-order valence-electron chi connectivity index (χ3n) is 9.86. The SMILES string of the molecule is c1ccc(-c2cc(-c3cccc(-c4c(-c5ccc6ccccc6c5)sc5c4c(-c4ccccc4)nc4ccccc45)c3)nc(-c3ccccc3)n2)cc1. The summed E-state index contributed by atoms with van der Waals surface area (Å²) in [6.45, 7) is 0. The van der Waals surface area contributed by atoms with Crippen molar-refractivity contribution in [2.45, 2.75) is 0 Å². The molecule has 4 heteroatoms. The molecule has 248 valence electrons. The van der Waals surface area contributed by atoms with Gasteiger partial charge in [0.25, 0.3) is 0 Å². The van der Waals surface area contributed by atoms with Crippen LogP contribution in [0.2, 0.25) is 0 Å². The van der Waals surface area contributed by atoms with Gasteiger partial charge in [-0.15, -0.1) is 11.3 Å².